The number of nitrogens with zero attached hydrogens (tertiary/aromatic N) is 1. The summed E-state index contributed by atoms with van der Waals surface area (Å²) in [6.07, 6.45) is 1.82. The van der Waals surface area contributed by atoms with Crippen molar-refractivity contribution in [3.05, 3.63) is 28.2 Å². The SMILES string of the molecule is Cc1cccc(NC2CCCN(C(=O)OC(C)(C)C)C2)c1Br. The fourth-order valence-electron chi connectivity index (χ4n) is 2.57. The van der Waals surface area contributed by atoms with Crippen LogP contribution in [0.3, 0.4) is 0 Å². The van der Waals surface area contributed by atoms with Crippen LogP contribution < -0.4 is 5.32 Å². The maximum absolute atomic E-state index is 12.2. The van der Waals surface area contributed by atoms with Crippen molar-refractivity contribution in [3.8, 4) is 0 Å². The molecule has 4 nitrogen and oxygen atoms in total. The third-order valence-corrected chi connectivity index (χ3v) is 4.68. The van der Waals surface area contributed by atoms with Crippen LogP contribution in [0, 0.1) is 6.92 Å². The highest BCUT2D eigenvalue weighted by Crippen LogP contribution is 2.28. The quantitative estimate of drug-likeness (QED) is 0.830. The van der Waals surface area contributed by atoms with Crippen LogP contribution in [-0.4, -0.2) is 35.7 Å². The van der Waals surface area contributed by atoms with Gasteiger partial charge in [-0.2, -0.15) is 0 Å². The number of amides is 1. The average molecular weight is 369 g/mol. The third-order valence-electron chi connectivity index (χ3n) is 3.62. The molecule has 0 saturated carbocycles. The Morgan fingerprint density at radius 2 is 2.14 bits per heavy atom. The van der Waals surface area contributed by atoms with Crippen molar-refractivity contribution in [2.45, 2.75) is 52.2 Å². The maximum atomic E-state index is 12.2. The minimum atomic E-state index is -0.447. The van der Waals surface area contributed by atoms with Crippen molar-refractivity contribution in [2.75, 3.05) is 18.4 Å². The number of nitrogens with one attached hydrogen (secondary N) is 1. The predicted molar refractivity (Wildman–Crippen MR) is 93.3 cm³/mol. The Morgan fingerprint density at radius 3 is 2.82 bits per heavy atom. The van der Waals surface area contributed by atoms with Crippen molar-refractivity contribution in [1.82, 2.24) is 4.90 Å². The van der Waals surface area contributed by atoms with Gasteiger partial charge in [-0.15, -0.1) is 0 Å². The van der Waals surface area contributed by atoms with E-state index in [9.17, 15) is 4.79 Å². The number of hydrogen-bond acceptors (Lipinski definition) is 3. The Bertz CT molecular complexity index is 540. The van der Waals surface area contributed by atoms with Crippen molar-refractivity contribution >= 4 is 27.7 Å². The molecular formula is C17H25BrN2O2. The van der Waals surface area contributed by atoms with Crippen LogP contribution in [0.25, 0.3) is 0 Å². The minimum Gasteiger partial charge on any atom is -0.444 e. The highest BCUT2D eigenvalue weighted by molar-refractivity contribution is 9.10. The molecule has 0 aliphatic carbocycles. The Hall–Kier alpha value is -1.23. The van der Waals surface area contributed by atoms with E-state index in [0.717, 1.165) is 29.5 Å². The number of rotatable bonds is 2. The first-order valence-electron chi connectivity index (χ1n) is 7.76. The van der Waals surface area contributed by atoms with Crippen LogP contribution in [-0.2, 0) is 4.74 Å². The molecule has 1 atom stereocenters. The lowest BCUT2D eigenvalue weighted by Crippen LogP contribution is -2.47. The molecule has 22 heavy (non-hydrogen) atoms. The molecule has 0 bridgehead atoms. The van der Waals surface area contributed by atoms with Gasteiger partial charge in [0, 0.05) is 29.3 Å². The molecule has 1 aliphatic rings. The molecule has 1 amide bonds. The summed E-state index contributed by atoms with van der Waals surface area (Å²) in [6, 6.07) is 6.42. The molecule has 0 spiro atoms. The fourth-order valence-corrected chi connectivity index (χ4v) is 2.94. The summed E-state index contributed by atoms with van der Waals surface area (Å²) < 4.78 is 6.56. The normalized spacial score (nSPS) is 19.0. The highest BCUT2D eigenvalue weighted by atomic mass is 79.9. The second-order valence-electron chi connectivity index (χ2n) is 6.85. The van der Waals surface area contributed by atoms with Gasteiger partial charge in [0.2, 0.25) is 0 Å². The van der Waals surface area contributed by atoms with E-state index < -0.39 is 5.60 Å². The highest BCUT2D eigenvalue weighted by Gasteiger charge is 2.27. The van der Waals surface area contributed by atoms with Crippen LogP contribution >= 0.6 is 15.9 Å². The molecule has 1 aromatic rings. The molecule has 1 unspecified atom stereocenters. The standard InChI is InChI=1S/C17H25BrN2O2/c1-12-7-5-9-14(15(12)18)19-13-8-6-10-20(11-13)16(21)22-17(2,3)4/h5,7,9,13,19H,6,8,10-11H2,1-4H3. The first-order valence-corrected chi connectivity index (χ1v) is 8.55. The number of hydrogen-bond donors (Lipinski definition) is 1. The number of carbonyl (C=O) groups is 1. The minimum absolute atomic E-state index is 0.220. The van der Waals surface area contributed by atoms with Gasteiger partial charge < -0.3 is 15.0 Å². The number of benzene rings is 1. The van der Waals surface area contributed by atoms with Crippen molar-refractivity contribution in [3.63, 3.8) is 0 Å². The summed E-state index contributed by atoms with van der Waals surface area (Å²) in [4.78, 5) is 14.0. The molecule has 1 aliphatic heterocycles. The molecule has 0 radical (unpaired) electrons. The molecular weight excluding hydrogens is 344 g/mol. The van der Waals surface area contributed by atoms with E-state index in [0.29, 0.717) is 6.54 Å². The van der Waals surface area contributed by atoms with Gasteiger partial charge in [-0.25, -0.2) is 4.79 Å². The molecule has 5 heteroatoms. The van der Waals surface area contributed by atoms with E-state index in [1.165, 1.54) is 5.56 Å². The van der Waals surface area contributed by atoms with Gasteiger partial charge in [0.1, 0.15) is 5.60 Å². The second-order valence-corrected chi connectivity index (χ2v) is 7.64. The van der Waals surface area contributed by atoms with E-state index in [-0.39, 0.29) is 12.1 Å². The lowest BCUT2D eigenvalue weighted by molar-refractivity contribution is 0.0206. The smallest absolute Gasteiger partial charge is 0.410 e. The number of likely N-dealkylation sites (tertiary alicyclic amines) is 1. The Balaban J connectivity index is 1.99. The van der Waals surface area contributed by atoms with Gasteiger partial charge in [-0.3, -0.25) is 0 Å². The zero-order chi connectivity index (χ0) is 16.3. The summed E-state index contributed by atoms with van der Waals surface area (Å²) in [5.41, 5.74) is 1.83. The molecule has 1 heterocycles. The Morgan fingerprint density at radius 1 is 1.41 bits per heavy atom. The van der Waals surface area contributed by atoms with E-state index >= 15 is 0 Å². The molecule has 0 aromatic heterocycles. The average Bonchev–Trinajstić information content (AvgIpc) is 2.42. The van der Waals surface area contributed by atoms with Gasteiger partial charge in [0.25, 0.3) is 0 Å². The first kappa shape index (κ1) is 17.1. The molecule has 1 fully saturated rings. The first-order chi connectivity index (χ1) is 10.3. The Kier molecular flexibility index (Phi) is 5.37. The zero-order valence-corrected chi connectivity index (χ0v) is 15.4. The number of carbonyl (C=O) groups excluding carboxylic acids is 1. The van der Waals surface area contributed by atoms with Crippen molar-refractivity contribution in [2.24, 2.45) is 0 Å². The molecule has 1 aromatic carbocycles. The van der Waals surface area contributed by atoms with Crippen LogP contribution in [0.5, 0.6) is 0 Å². The van der Waals surface area contributed by atoms with E-state index in [1.54, 1.807) is 4.90 Å². The molecule has 2 rings (SSSR count). The monoisotopic (exact) mass is 368 g/mol. The maximum Gasteiger partial charge on any atom is 0.410 e. The van der Waals surface area contributed by atoms with E-state index in [2.05, 4.69) is 40.3 Å². The molecule has 122 valence electrons. The molecule has 1 N–H and O–H groups in total. The van der Waals surface area contributed by atoms with Crippen LogP contribution in [0.2, 0.25) is 0 Å². The van der Waals surface area contributed by atoms with Crippen LogP contribution in [0.4, 0.5) is 10.5 Å². The number of anilines is 1. The summed E-state index contributed by atoms with van der Waals surface area (Å²) in [5.74, 6) is 0. The van der Waals surface area contributed by atoms with Gasteiger partial charge >= 0.3 is 6.09 Å². The lowest BCUT2D eigenvalue weighted by atomic mass is 10.1. The fraction of sp³-hybridized carbons (Fsp3) is 0.588. The summed E-state index contributed by atoms with van der Waals surface area (Å²) in [7, 11) is 0. The van der Waals surface area contributed by atoms with Crippen LogP contribution in [0.15, 0.2) is 22.7 Å². The second kappa shape index (κ2) is 6.90. The van der Waals surface area contributed by atoms with Crippen LogP contribution in [0.1, 0.15) is 39.2 Å². The number of piperidine rings is 1. The lowest BCUT2D eigenvalue weighted by Gasteiger charge is -2.35. The Labute approximate surface area is 141 Å². The largest absolute Gasteiger partial charge is 0.444 e. The van der Waals surface area contributed by atoms with E-state index in [4.69, 9.17) is 4.74 Å². The van der Waals surface area contributed by atoms with Crippen molar-refractivity contribution < 1.29 is 9.53 Å². The predicted octanol–water partition coefficient (Wildman–Crippen LogP) is 4.57. The summed E-state index contributed by atoms with van der Waals surface area (Å²) in [5, 5.41) is 3.54. The topological polar surface area (TPSA) is 41.6 Å². The number of ether oxygens (including phenoxy) is 1. The van der Waals surface area contributed by atoms with Gasteiger partial charge in [0.15, 0.2) is 0 Å². The van der Waals surface area contributed by atoms with Crippen molar-refractivity contribution in [1.29, 1.82) is 0 Å². The number of aryl methyl sites for hydroxylation is 1. The molecule has 1 saturated heterocycles. The van der Waals surface area contributed by atoms with Gasteiger partial charge in [-0.05, 0) is 68.1 Å². The summed E-state index contributed by atoms with van der Waals surface area (Å²) >= 11 is 3.62. The van der Waals surface area contributed by atoms with Gasteiger partial charge in [-0.1, -0.05) is 12.1 Å². The van der Waals surface area contributed by atoms with Gasteiger partial charge in [0.05, 0.1) is 0 Å². The van der Waals surface area contributed by atoms with E-state index in [1.807, 2.05) is 26.8 Å². The third kappa shape index (κ3) is 4.63. The summed E-state index contributed by atoms with van der Waals surface area (Å²) in [6.45, 7) is 9.21. The number of halogens is 1. The zero-order valence-electron chi connectivity index (χ0n) is 13.8.